The van der Waals surface area contributed by atoms with E-state index < -0.39 is 16.7 Å². The molecule has 1 fully saturated rings. The Balaban J connectivity index is 0.00000225. The molecule has 0 aromatic rings. The quantitative estimate of drug-likeness (QED) is 0.784. The van der Waals surface area contributed by atoms with E-state index in [1.807, 2.05) is 0 Å². The predicted octanol–water partition coefficient (Wildman–Crippen LogP) is 0.957. The third-order valence-corrected chi connectivity index (χ3v) is 4.18. The SMILES string of the molecule is Cl.NC1CCC(NS(=O)(=O)CCCF)CC1. The Morgan fingerprint density at radius 1 is 1.25 bits per heavy atom. The van der Waals surface area contributed by atoms with Gasteiger partial charge in [0, 0.05) is 12.1 Å². The summed E-state index contributed by atoms with van der Waals surface area (Å²) in [6.45, 7) is -0.587. The van der Waals surface area contributed by atoms with Crippen molar-refractivity contribution in [3.05, 3.63) is 0 Å². The summed E-state index contributed by atoms with van der Waals surface area (Å²) in [5.74, 6) is -0.119. The van der Waals surface area contributed by atoms with Crippen LogP contribution in [0.4, 0.5) is 4.39 Å². The average molecular weight is 275 g/mol. The van der Waals surface area contributed by atoms with Gasteiger partial charge in [0.15, 0.2) is 0 Å². The number of nitrogens with two attached hydrogens (primary N) is 1. The molecule has 0 heterocycles. The maximum atomic E-state index is 11.8. The van der Waals surface area contributed by atoms with Crippen LogP contribution in [0.2, 0.25) is 0 Å². The molecule has 1 saturated carbocycles. The van der Waals surface area contributed by atoms with Crippen LogP contribution in [-0.2, 0) is 10.0 Å². The monoisotopic (exact) mass is 274 g/mol. The standard InChI is InChI=1S/C9H19FN2O2S.ClH/c10-6-1-7-15(13,14)12-9-4-2-8(11)3-5-9;/h8-9,12H,1-7,11H2;1H. The summed E-state index contributed by atoms with van der Waals surface area (Å²) < 4.78 is 37.3. The van der Waals surface area contributed by atoms with Crippen molar-refractivity contribution in [1.29, 1.82) is 0 Å². The Bertz CT molecular complexity index is 279. The molecule has 0 aliphatic heterocycles. The molecule has 7 heteroatoms. The summed E-state index contributed by atoms with van der Waals surface area (Å²) in [5.41, 5.74) is 5.71. The molecule has 0 amide bonds. The maximum Gasteiger partial charge on any atom is 0.211 e. The lowest BCUT2D eigenvalue weighted by Gasteiger charge is -2.26. The zero-order chi connectivity index (χ0) is 11.3. The number of rotatable bonds is 5. The lowest BCUT2D eigenvalue weighted by molar-refractivity contribution is 0.373. The fourth-order valence-electron chi connectivity index (χ4n) is 1.79. The number of hydrogen-bond donors (Lipinski definition) is 2. The highest BCUT2D eigenvalue weighted by Gasteiger charge is 2.22. The van der Waals surface area contributed by atoms with E-state index in [0.717, 1.165) is 25.7 Å². The first kappa shape index (κ1) is 16.1. The van der Waals surface area contributed by atoms with Crippen LogP contribution in [0.3, 0.4) is 0 Å². The largest absolute Gasteiger partial charge is 0.328 e. The minimum Gasteiger partial charge on any atom is -0.328 e. The molecule has 98 valence electrons. The Morgan fingerprint density at radius 3 is 2.31 bits per heavy atom. The molecule has 0 saturated heterocycles. The fourth-order valence-corrected chi connectivity index (χ4v) is 3.15. The molecular weight excluding hydrogens is 255 g/mol. The number of halogens is 2. The first-order valence-electron chi connectivity index (χ1n) is 5.35. The van der Waals surface area contributed by atoms with Gasteiger partial charge >= 0.3 is 0 Å². The highest BCUT2D eigenvalue weighted by Crippen LogP contribution is 2.17. The summed E-state index contributed by atoms with van der Waals surface area (Å²) >= 11 is 0. The third kappa shape index (κ3) is 5.98. The fraction of sp³-hybridized carbons (Fsp3) is 1.00. The zero-order valence-corrected chi connectivity index (χ0v) is 10.8. The number of sulfonamides is 1. The van der Waals surface area contributed by atoms with Crippen molar-refractivity contribution in [3.8, 4) is 0 Å². The van der Waals surface area contributed by atoms with Crippen LogP contribution in [0.1, 0.15) is 32.1 Å². The molecule has 0 atom stereocenters. The van der Waals surface area contributed by atoms with E-state index in [-0.39, 0.29) is 36.7 Å². The third-order valence-electron chi connectivity index (χ3n) is 2.66. The summed E-state index contributed by atoms with van der Waals surface area (Å²) in [5, 5.41) is 0. The minimum atomic E-state index is -3.29. The molecule has 0 unspecified atom stereocenters. The van der Waals surface area contributed by atoms with E-state index >= 15 is 0 Å². The summed E-state index contributed by atoms with van der Waals surface area (Å²) in [6.07, 6.45) is 3.36. The van der Waals surface area contributed by atoms with Gasteiger partial charge in [-0.05, 0) is 32.1 Å². The molecule has 4 nitrogen and oxygen atoms in total. The molecule has 0 aromatic heterocycles. The second kappa shape index (κ2) is 7.42. The van der Waals surface area contributed by atoms with Gasteiger partial charge in [-0.25, -0.2) is 13.1 Å². The predicted molar refractivity (Wildman–Crippen MR) is 65.0 cm³/mol. The van der Waals surface area contributed by atoms with E-state index in [1.54, 1.807) is 0 Å². The summed E-state index contributed by atoms with van der Waals surface area (Å²) in [7, 11) is -3.29. The molecule has 1 aliphatic rings. The Morgan fingerprint density at radius 2 is 1.81 bits per heavy atom. The van der Waals surface area contributed by atoms with Crippen LogP contribution in [-0.4, -0.2) is 32.9 Å². The van der Waals surface area contributed by atoms with Crippen LogP contribution in [0.25, 0.3) is 0 Å². The van der Waals surface area contributed by atoms with Gasteiger partial charge in [0.2, 0.25) is 10.0 Å². The van der Waals surface area contributed by atoms with Crippen molar-refractivity contribution >= 4 is 22.4 Å². The molecule has 16 heavy (non-hydrogen) atoms. The van der Waals surface area contributed by atoms with E-state index in [1.165, 1.54) is 0 Å². The van der Waals surface area contributed by atoms with Gasteiger partial charge in [-0.2, -0.15) is 0 Å². The van der Waals surface area contributed by atoms with Crippen molar-refractivity contribution in [2.45, 2.75) is 44.2 Å². The van der Waals surface area contributed by atoms with Crippen molar-refractivity contribution in [2.75, 3.05) is 12.4 Å². The minimum absolute atomic E-state index is 0. The van der Waals surface area contributed by atoms with E-state index in [9.17, 15) is 12.8 Å². The van der Waals surface area contributed by atoms with Gasteiger partial charge in [0.05, 0.1) is 12.4 Å². The van der Waals surface area contributed by atoms with Gasteiger partial charge < -0.3 is 5.73 Å². The van der Waals surface area contributed by atoms with Crippen LogP contribution in [0.5, 0.6) is 0 Å². The zero-order valence-electron chi connectivity index (χ0n) is 9.19. The van der Waals surface area contributed by atoms with Crippen molar-refractivity contribution in [2.24, 2.45) is 5.73 Å². The van der Waals surface area contributed by atoms with Gasteiger partial charge in [0.1, 0.15) is 0 Å². The van der Waals surface area contributed by atoms with Gasteiger partial charge in [-0.3, -0.25) is 4.39 Å². The second-order valence-electron chi connectivity index (χ2n) is 4.09. The highest BCUT2D eigenvalue weighted by atomic mass is 35.5. The van der Waals surface area contributed by atoms with Crippen molar-refractivity contribution in [3.63, 3.8) is 0 Å². The molecule has 1 rings (SSSR count). The highest BCUT2D eigenvalue weighted by molar-refractivity contribution is 7.89. The second-order valence-corrected chi connectivity index (χ2v) is 5.96. The van der Waals surface area contributed by atoms with E-state index in [0.29, 0.717) is 0 Å². The van der Waals surface area contributed by atoms with Crippen LogP contribution >= 0.6 is 12.4 Å². The van der Waals surface area contributed by atoms with E-state index in [4.69, 9.17) is 5.73 Å². The molecule has 0 radical (unpaired) electrons. The van der Waals surface area contributed by atoms with Crippen LogP contribution in [0, 0.1) is 0 Å². The number of nitrogens with one attached hydrogen (secondary N) is 1. The van der Waals surface area contributed by atoms with E-state index in [2.05, 4.69) is 4.72 Å². The van der Waals surface area contributed by atoms with Gasteiger partial charge in [0.25, 0.3) is 0 Å². The number of alkyl halides is 1. The molecule has 0 spiro atoms. The van der Waals surface area contributed by atoms with Gasteiger partial charge in [-0.15, -0.1) is 12.4 Å². The Kier molecular flexibility index (Phi) is 7.46. The average Bonchev–Trinajstić information content (AvgIpc) is 2.18. The smallest absolute Gasteiger partial charge is 0.211 e. The first-order valence-corrected chi connectivity index (χ1v) is 7.00. The van der Waals surface area contributed by atoms with Crippen LogP contribution < -0.4 is 10.5 Å². The summed E-state index contributed by atoms with van der Waals surface area (Å²) in [6, 6.07) is 0.200. The Hall–Kier alpha value is 0.0900. The van der Waals surface area contributed by atoms with Crippen LogP contribution in [0.15, 0.2) is 0 Å². The van der Waals surface area contributed by atoms with Crippen molar-refractivity contribution in [1.82, 2.24) is 4.72 Å². The number of hydrogen-bond acceptors (Lipinski definition) is 3. The topological polar surface area (TPSA) is 72.2 Å². The lowest BCUT2D eigenvalue weighted by atomic mass is 9.93. The lowest BCUT2D eigenvalue weighted by Crippen LogP contribution is -2.41. The normalized spacial score (nSPS) is 26.1. The molecule has 0 bridgehead atoms. The maximum absolute atomic E-state index is 11.8. The first-order chi connectivity index (χ1) is 7.03. The van der Waals surface area contributed by atoms with Crippen molar-refractivity contribution < 1.29 is 12.8 Å². The molecule has 3 N–H and O–H groups in total. The molecule has 1 aliphatic carbocycles. The summed E-state index contributed by atoms with van der Waals surface area (Å²) in [4.78, 5) is 0. The Labute approximate surface area is 103 Å². The molecular formula is C9H20ClFN2O2S. The molecule has 0 aromatic carbocycles. The van der Waals surface area contributed by atoms with Gasteiger partial charge in [-0.1, -0.05) is 0 Å².